The molecule has 0 spiro atoms. The van der Waals surface area contributed by atoms with Crippen LogP contribution in [0.15, 0.2) is 0 Å². The van der Waals surface area contributed by atoms with Gasteiger partial charge in [-0.05, 0) is 41.0 Å². The Hall–Kier alpha value is -1.10. The molecule has 0 aromatic carbocycles. The van der Waals surface area contributed by atoms with Gasteiger partial charge in [0.2, 0.25) is 0 Å². The summed E-state index contributed by atoms with van der Waals surface area (Å²) in [4.78, 5) is 25.9. The molecule has 0 aromatic rings. The molecule has 5 nitrogen and oxygen atoms in total. The molecule has 19 heavy (non-hydrogen) atoms. The quantitative estimate of drug-likeness (QED) is 0.693. The maximum atomic E-state index is 12.0. The van der Waals surface area contributed by atoms with Crippen LogP contribution in [0, 0.1) is 0 Å². The molecule has 0 aliphatic heterocycles. The molecule has 1 unspecified atom stereocenters. The van der Waals surface area contributed by atoms with E-state index in [0.717, 1.165) is 6.42 Å². The van der Waals surface area contributed by atoms with Gasteiger partial charge in [0.1, 0.15) is 11.1 Å². The molecule has 0 rings (SSSR count). The SMILES string of the molecule is CCC(C)N(C(C)(C)C(=O)OC)C(C)(C)C(=O)OC. The zero-order chi connectivity index (χ0) is 15.4. The maximum Gasteiger partial charge on any atom is 0.325 e. The third kappa shape index (κ3) is 3.47. The minimum Gasteiger partial charge on any atom is -0.468 e. The third-order valence-electron chi connectivity index (χ3n) is 3.61. The number of carbonyl (C=O) groups excluding carboxylic acids is 2. The topological polar surface area (TPSA) is 55.8 Å². The molecule has 0 heterocycles. The summed E-state index contributed by atoms with van der Waals surface area (Å²) in [6.07, 6.45) is 0.806. The molecule has 0 N–H and O–H groups in total. The minimum atomic E-state index is -0.915. The first-order valence-electron chi connectivity index (χ1n) is 6.53. The Labute approximate surface area is 116 Å². The number of esters is 2. The average Bonchev–Trinajstić information content (AvgIpc) is 2.35. The van der Waals surface area contributed by atoms with Gasteiger partial charge in [0.25, 0.3) is 0 Å². The zero-order valence-electron chi connectivity index (χ0n) is 13.4. The summed E-state index contributed by atoms with van der Waals surface area (Å²) in [5.74, 6) is -0.741. The fourth-order valence-electron chi connectivity index (χ4n) is 2.68. The van der Waals surface area contributed by atoms with Gasteiger partial charge in [0, 0.05) is 6.04 Å². The van der Waals surface area contributed by atoms with E-state index >= 15 is 0 Å². The maximum absolute atomic E-state index is 12.0. The van der Waals surface area contributed by atoms with E-state index in [9.17, 15) is 9.59 Å². The Morgan fingerprint density at radius 1 is 1.00 bits per heavy atom. The van der Waals surface area contributed by atoms with Crippen LogP contribution in [0.2, 0.25) is 0 Å². The highest BCUT2D eigenvalue weighted by molar-refractivity contribution is 5.84. The number of methoxy groups -OCH3 is 2. The summed E-state index contributed by atoms with van der Waals surface area (Å²) in [5.41, 5.74) is -1.83. The molecule has 1 atom stereocenters. The van der Waals surface area contributed by atoms with E-state index in [2.05, 4.69) is 0 Å². The lowest BCUT2D eigenvalue weighted by atomic mass is 9.90. The molecule has 0 aromatic heterocycles. The van der Waals surface area contributed by atoms with Gasteiger partial charge in [-0.2, -0.15) is 0 Å². The van der Waals surface area contributed by atoms with Crippen LogP contribution in [0.25, 0.3) is 0 Å². The van der Waals surface area contributed by atoms with E-state index in [4.69, 9.17) is 9.47 Å². The van der Waals surface area contributed by atoms with Gasteiger partial charge < -0.3 is 9.47 Å². The van der Waals surface area contributed by atoms with Crippen LogP contribution in [0.4, 0.5) is 0 Å². The van der Waals surface area contributed by atoms with Crippen LogP contribution >= 0.6 is 0 Å². The highest BCUT2D eigenvalue weighted by Crippen LogP contribution is 2.31. The molecule has 0 bridgehead atoms. The fourth-order valence-corrected chi connectivity index (χ4v) is 2.68. The predicted molar refractivity (Wildman–Crippen MR) is 73.8 cm³/mol. The highest BCUT2D eigenvalue weighted by Gasteiger charge is 2.49. The molecule has 5 heteroatoms. The summed E-state index contributed by atoms with van der Waals surface area (Å²) in [6, 6.07) is 0.0307. The Morgan fingerprint density at radius 2 is 1.32 bits per heavy atom. The molecule has 0 radical (unpaired) electrons. The molecular weight excluding hydrogens is 246 g/mol. The van der Waals surface area contributed by atoms with Crippen molar-refractivity contribution in [3.05, 3.63) is 0 Å². The minimum absolute atomic E-state index is 0.0307. The number of hydrogen-bond acceptors (Lipinski definition) is 5. The van der Waals surface area contributed by atoms with Crippen LogP contribution in [0.3, 0.4) is 0 Å². The van der Waals surface area contributed by atoms with E-state index in [0.29, 0.717) is 0 Å². The summed E-state index contributed by atoms with van der Waals surface area (Å²) >= 11 is 0. The second-order valence-electron chi connectivity index (χ2n) is 5.73. The van der Waals surface area contributed by atoms with E-state index in [-0.39, 0.29) is 18.0 Å². The standard InChI is InChI=1S/C14H27NO4/c1-9-10(2)15(13(3,4)11(16)18-7)14(5,6)12(17)19-8/h10H,9H2,1-8H3. The summed E-state index contributed by atoms with van der Waals surface area (Å²) < 4.78 is 9.73. The van der Waals surface area contributed by atoms with Gasteiger partial charge in [0.05, 0.1) is 14.2 Å². The van der Waals surface area contributed by atoms with Crippen molar-refractivity contribution in [3.8, 4) is 0 Å². The fraction of sp³-hybridized carbons (Fsp3) is 0.857. The lowest BCUT2D eigenvalue weighted by molar-refractivity contribution is -0.171. The van der Waals surface area contributed by atoms with Crippen molar-refractivity contribution in [1.82, 2.24) is 4.90 Å². The predicted octanol–water partition coefficient (Wildman–Crippen LogP) is 1.99. The van der Waals surface area contributed by atoms with Crippen LogP contribution in [0.1, 0.15) is 48.0 Å². The Balaban J connectivity index is 5.71. The van der Waals surface area contributed by atoms with Crippen molar-refractivity contribution < 1.29 is 19.1 Å². The van der Waals surface area contributed by atoms with Crippen molar-refractivity contribution in [3.63, 3.8) is 0 Å². The smallest absolute Gasteiger partial charge is 0.325 e. The van der Waals surface area contributed by atoms with Gasteiger partial charge in [0.15, 0.2) is 0 Å². The van der Waals surface area contributed by atoms with Crippen LogP contribution in [0.5, 0.6) is 0 Å². The Bertz CT molecular complexity index is 308. The Morgan fingerprint density at radius 3 is 1.53 bits per heavy atom. The normalized spacial score (nSPS) is 14.2. The van der Waals surface area contributed by atoms with Crippen LogP contribution < -0.4 is 0 Å². The van der Waals surface area contributed by atoms with Gasteiger partial charge in [-0.1, -0.05) is 6.92 Å². The van der Waals surface area contributed by atoms with Crippen LogP contribution in [-0.2, 0) is 19.1 Å². The average molecular weight is 273 g/mol. The molecule has 0 aliphatic carbocycles. The molecule has 0 fully saturated rings. The van der Waals surface area contributed by atoms with Crippen molar-refractivity contribution in [2.75, 3.05) is 14.2 Å². The third-order valence-corrected chi connectivity index (χ3v) is 3.61. The van der Waals surface area contributed by atoms with E-state index in [1.165, 1.54) is 14.2 Å². The Kier molecular flexibility index (Phi) is 6.00. The number of rotatable bonds is 6. The summed E-state index contributed by atoms with van der Waals surface area (Å²) in [7, 11) is 2.70. The molecule has 112 valence electrons. The van der Waals surface area contributed by atoms with Crippen LogP contribution in [-0.4, -0.2) is 48.2 Å². The van der Waals surface area contributed by atoms with Gasteiger partial charge >= 0.3 is 11.9 Å². The second kappa shape index (κ2) is 6.37. The second-order valence-corrected chi connectivity index (χ2v) is 5.73. The summed E-state index contributed by atoms with van der Waals surface area (Å²) in [6.45, 7) is 11.0. The number of hydrogen-bond donors (Lipinski definition) is 0. The molecular formula is C14H27NO4. The summed E-state index contributed by atoms with van der Waals surface area (Å²) in [5, 5.41) is 0. The zero-order valence-corrected chi connectivity index (χ0v) is 13.4. The first-order valence-corrected chi connectivity index (χ1v) is 6.53. The first kappa shape index (κ1) is 17.9. The number of ether oxygens (including phenoxy) is 2. The van der Waals surface area contributed by atoms with Crippen molar-refractivity contribution in [2.45, 2.75) is 65.1 Å². The highest BCUT2D eigenvalue weighted by atomic mass is 16.5. The number of carbonyl (C=O) groups is 2. The van der Waals surface area contributed by atoms with Crippen molar-refractivity contribution >= 4 is 11.9 Å². The van der Waals surface area contributed by atoms with E-state index in [1.807, 2.05) is 18.7 Å². The van der Waals surface area contributed by atoms with Gasteiger partial charge in [-0.15, -0.1) is 0 Å². The first-order chi connectivity index (χ1) is 8.57. The lowest BCUT2D eigenvalue weighted by Crippen LogP contribution is -2.65. The van der Waals surface area contributed by atoms with Crippen molar-refractivity contribution in [1.29, 1.82) is 0 Å². The van der Waals surface area contributed by atoms with E-state index in [1.54, 1.807) is 27.7 Å². The van der Waals surface area contributed by atoms with Crippen molar-refractivity contribution in [2.24, 2.45) is 0 Å². The number of nitrogens with zero attached hydrogens (tertiary/aromatic N) is 1. The molecule has 0 amide bonds. The molecule has 0 aliphatic rings. The van der Waals surface area contributed by atoms with Gasteiger partial charge in [-0.3, -0.25) is 14.5 Å². The van der Waals surface area contributed by atoms with E-state index < -0.39 is 11.1 Å². The lowest BCUT2D eigenvalue weighted by Gasteiger charge is -2.48. The largest absolute Gasteiger partial charge is 0.468 e. The molecule has 0 saturated heterocycles. The van der Waals surface area contributed by atoms with Gasteiger partial charge in [-0.25, -0.2) is 0 Å². The molecule has 0 saturated carbocycles. The monoisotopic (exact) mass is 273 g/mol.